The van der Waals surface area contributed by atoms with E-state index in [1.807, 2.05) is 19.2 Å². The van der Waals surface area contributed by atoms with Gasteiger partial charge >= 0.3 is 0 Å². The Balaban J connectivity index is 1.97. The zero-order valence-corrected chi connectivity index (χ0v) is 14.3. The lowest BCUT2D eigenvalue weighted by molar-refractivity contribution is 0.890. The van der Waals surface area contributed by atoms with E-state index in [1.165, 1.54) is 18.4 Å². The van der Waals surface area contributed by atoms with Crippen molar-refractivity contribution in [3.8, 4) is 0 Å². The summed E-state index contributed by atoms with van der Waals surface area (Å²) < 4.78 is 2.11. The molecule has 1 aliphatic carbocycles. The highest BCUT2D eigenvalue weighted by Gasteiger charge is 2.29. The summed E-state index contributed by atoms with van der Waals surface area (Å²) in [6.45, 7) is 0. The first-order chi connectivity index (χ1) is 9.69. The number of halogens is 2. The van der Waals surface area contributed by atoms with Crippen LogP contribution in [0.3, 0.4) is 0 Å². The number of aromatic nitrogens is 2. The van der Waals surface area contributed by atoms with Gasteiger partial charge in [-0.1, -0.05) is 34.1 Å². The lowest BCUT2D eigenvalue weighted by atomic mass is 10.1. The standard InChI is InChI=1S/C15H15Br2N3/c1-18-15-13(17)14(9-6-7-9)19-12(20-15)8-10-4-2-3-5-11(10)16/h2-5,9H,6-8H2,1H3,(H,18,19,20). The van der Waals surface area contributed by atoms with Crippen molar-refractivity contribution in [1.29, 1.82) is 0 Å². The van der Waals surface area contributed by atoms with Gasteiger partial charge in [-0.25, -0.2) is 9.97 Å². The summed E-state index contributed by atoms with van der Waals surface area (Å²) in [4.78, 5) is 9.37. The second-order valence-electron chi connectivity index (χ2n) is 4.98. The fraction of sp³-hybridized carbons (Fsp3) is 0.333. The van der Waals surface area contributed by atoms with Crippen LogP contribution in [0.15, 0.2) is 33.2 Å². The van der Waals surface area contributed by atoms with Crippen LogP contribution in [-0.2, 0) is 6.42 Å². The van der Waals surface area contributed by atoms with Gasteiger partial charge in [0.2, 0.25) is 0 Å². The van der Waals surface area contributed by atoms with E-state index in [0.717, 1.165) is 32.7 Å². The predicted octanol–water partition coefficient (Wildman–Crippen LogP) is 4.51. The maximum atomic E-state index is 4.76. The van der Waals surface area contributed by atoms with Crippen molar-refractivity contribution in [2.45, 2.75) is 25.2 Å². The maximum Gasteiger partial charge on any atom is 0.144 e. The Bertz CT molecular complexity index is 639. The Morgan fingerprint density at radius 1 is 1.20 bits per heavy atom. The zero-order chi connectivity index (χ0) is 14.1. The number of nitrogens with one attached hydrogen (secondary N) is 1. The van der Waals surface area contributed by atoms with Gasteiger partial charge in [0.1, 0.15) is 11.6 Å². The van der Waals surface area contributed by atoms with E-state index < -0.39 is 0 Å². The fourth-order valence-corrected chi connectivity index (χ4v) is 3.32. The van der Waals surface area contributed by atoms with Gasteiger partial charge in [-0.2, -0.15) is 0 Å². The third kappa shape index (κ3) is 2.88. The topological polar surface area (TPSA) is 37.8 Å². The molecule has 0 bridgehead atoms. The van der Waals surface area contributed by atoms with Crippen molar-refractivity contribution in [1.82, 2.24) is 9.97 Å². The summed E-state index contributed by atoms with van der Waals surface area (Å²) in [5.41, 5.74) is 2.35. The summed E-state index contributed by atoms with van der Waals surface area (Å²) in [5, 5.41) is 3.15. The molecule has 0 spiro atoms. The normalized spacial score (nSPS) is 14.3. The molecule has 0 unspecified atom stereocenters. The van der Waals surface area contributed by atoms with Gasteiger partial charge in [0.15, 0.2) is 0 Å². The van der Waals surface area contributed by atoms with E-state index >= 15 is 0 Å². The van der Waals surface area contributed by atoms with Crippen LogP contribution in [0.25, 0.3) is 0 Å². The molecule has 1 aromatic heterocycles. The number of rotatable bonds is 4. The second kappa shape index (κ2) is 5.82. The summed E-state index contributed by atoms with van der Waals surface area (Å²) in [7, 11) is 1.89. The molecular weight excluding hydrogens is 382 g/mol. The molecule has 0 atom stereocenters. The second-order valence-corrected chi connectivity index (χ2v) is 6.63. The van der Waals surface area contributed by atoms with Crippen LogP contribution in [-0.4, -0.2) is 17.0 Å². The molecule has 0 amide bonds. The Kier molecular flexibility index (Phi) is 4.08. The van der Waals surface area contributed by atoms with Crippen LogP contribution in [0, 0.1) is 0 Å². The van der Waals surface area contributed by atoms with E-state index in [4.69, 9.17) is 4.98 Å². The van der Waals surface area contributed by atoms with Crippen molar-refractivity contribution in [2.75, 3.05) is 12.4 Å². The van der Waals surface area contributed by atoms with E-state index in [0.29, 0.717) is 5.92 Å². The van der Waals surface area contributed by atoms with Crippen LogP contribution >= 0.6 is 31.9 Å². The number of hydrogen-bond acceptors (Lipinski definition) is 3. The molecule has 1 aromatic carbocycles. The Morgan fingerprint density at radius 2 is 1.95 bits per heavy atom. The molecule has 5 heteroatoms. The van der Waals surface area contributed by atoms with Crippen molar-refractivity contribution >= 4 is 37.7 Å². The van der Waals surface area contributed by atoms with Crippen molar-refractivity contribution in [3.63, 3.8) is 0 Å². The summed E-state index contributed by atoms with van der Waals surface area (Å²) in [6.07, 6.45) is 3.20. The highest BCUT2D eigenvalue weighted by atomic mass is 79.9. The van der Waals surface area contributed by atoms with Crippen LogP contribution in [0.1, 0.15) is 35.8 Å². The number of nitrogens with zero attached hydrogens (tertiary/aromatic N) is 2. The Hall–Kier alpha value is -0.940. The highest BCUT2D eigenvalue weighted by molar-refractivity contribution is 9.11. The largest absolute Gasteiger partial charge is 0.372 e. The van der Waals surface area contributed by atoms with E-state index in [-0.39, 0.29) is 0 Å². The van der Waals surface area contributed by atoms with Gasteiger partial charge in [-0.05, 0) is 40.4 Å². The molecule has 0 saturated heterocycles. The molecule has 1 aliphatic rings. The minimum Gasteiger partial charge on any atom is -0.372 e. The molecule has 3 rings (SSSR count). The average molecular weight is 397 g/mol. The molecular formula is C15H15Br2N3. The van der Waals surface area contributed by atoms with Crippen molar-refractivity contribution < 1.29 is 0 Å². The minimum absolute atomic E-state index is 0.595. The SMILES string of the molecule is CNc1nc(Cc2ccccc2Br)nc(C2CC2)c1Br. The first-order valence-corrected chi connectivity index (χ1v) is 8.25. The van der Waals surface area contributed by atoms with E-state index in [1.54, 1.807) is 0 Å². The molecule has 1 saturated carbocycles. The number of anilines is 1. The molecule has 0 aliphatic heterocycles. The molecule has 1 heterocycles. The fourth-order valence-electron chi connectivity index (χ4n) is 2.20. The summed E-state index contributed by atoms with van der Waals surface area (Å²) in [5.74, 6) is 2.34. The first kappa shape index (κ1) is 14.0. The third-order valence-electron chi connectivity index (χ3n) is 3.43. The van der Waals surface area contributed by atoms with E-state index in [2.05, 4.69) is 54.3 Å². The highest BCUT2D eigenvalue weighted by Crippen LogP contribution is 2.43. The van der Waals surface area contributed by atoms with Gasteiger partial charge < -0.3 is 5.32 Å². The molecule has 2 aromatic rings. The van der Waals surface area contributed by atoms with Crippen LogP contribution in [0.4, 0.5) is 5.82 Å². The van der Waals surface area contributed by atoms with Crippen LogP contribution < -0.4 is 5.32 Å². The van der Waals surface area contributed by atoms with Crippen LogP contribution in [0.2, 0.25) is 0 Å². The van der Waals surface area contributed by atoms with Gasteiger partial charge in [0.25, 0.3) is 0 Å². The van der Waals surface area contributed by atoms with Gasteiger partial charge in [-0.3, -0.25) is 0 Å². The Morgan fingerprint density at radius 3 is 2.60 bits per heavy atom. The lowest BCUT2D eigenvalue weighted by Crippen LogP contribution is -2.06. The lowest BCUT2D eigenvalue weighted by Gasteiger charge is -2.11. The zero-order valence-electron chi connectivity index (χ0n) is 11.2. The Labute approximate surface area is 135 Å². The monoisotopic (exact) mass is 395 g/mol. The van der Waals surface area contributed by atoms with Crippen LogP contribution in [0.5, 0.6) is 0 Å². The molecule has 1 fully saturated rings. The summed E-state index contributed by atoms with van der Waals surface area (Å²) >= 11 is 7.20. The van der Waals surface area contributed by atoms with Crippen molar-refractivity contribution in [3.05, 3.63) is 50.3 Å². The molecule has 1 N–H and O–H groups in total. The van der Waals surface area contributed by atoms with Gasteiger partial charge in [-0.15, -0.1) is 0 Å². The minimum atomic E-state index is 0.595. The third-order valence-corrected chi connectivity index (χ3v) is 4.99. The molecule has 3 nitrogen and oxygen atoms in total. The quantitative estimate of drug-likeness (QED) is 0.825. The predicted molar refractivity (Wildman–Crippen MR) is 88.2 cm³/mol. The maximum absolute atomic E-state index is 4.76. The van der Waals surface area contributed by atoms with Crippen molar-refractivity contribution in [2.24, 2.45) is 0 Å². The molecule has 20 heavy (non-hydrogen) atoms. The summed E-state index contributed by atoms with van der Waals surface area (Å²) in [6, 6.07) is 8.21. The average Bonchev–Trinajstić information content (AvgIpc) is 3.27. The van der Waals surface area contributed by atoms with E-state index in [9.17, 15) is 0 Å². The molecule has 0 radical (unpaired) electrons. The smallest absolute Gasteiger partial charge is 0.144 e. The molecule has 104 valence electrons. The number of hydrogen-bond donors (Lipinski definition) is 1. The van der Waals surface area contributed by atoms with Gasteiger partial charge in [0.05, 0.1) is 10.2 Å². The number of benzene rings is 1. The van der Waals surface area contributed by atoms with Gasteiger partial charge in [0, 0.05) is 23.9 Å². The first-order valence-electron chi connectivity index (χ1n) is 6.66.